The summed E-state index contributed by atoms with van der Waals surface area (Å²) in [5.41, 5.74) is 8.32. The van der Waals surface area contributed by atoms with E-state index in [9.17, 15) is 19.2 Å². The Morgan fingerprint density at radius 2 is 1.41 bits per heavy atom. The van der Waals surface area contributed by atoms with Gasteiger partial charge in [0, 0.05) is 46.5 Å². The van der Waals surface area contributed by atoms with Gasteiger partial charge in [-0.25, -0.2) is 19.6 Å². The molecule has 2 aromatic heterocycles. The molecule has 2 saturated heterocycles. The minimum absolute atomic E-state index is 0.132. The average molecular weight is 855 g/mol. The van der Waals surface area contributed by atoms with E-state index >= 15 is 0 Å². The van der Waals surface area contributed by atoms with Gasteiger partial charge in [0.15, 0.2) is 0 Å². The van der Waals surface area contributed by atoms with Crippen LogP contribution in [-0.2, 0) is 19.1 Å². The molecule has 4 aliphatic heterocycles. The van der Waals surface area contributed by atoms with E-state index in [1.54, 1.807) is 22.2 Å². The predicted molar refractivity (Wildman–Crippen MR) is 232 cm³/mol. The number of nitrogens with one attached hydrogen (secondary N) is 4. The molecule has 16 heteroatoms. The van der Waals surface area contributed by atoms with Crippen LogP contribution in [0.25, 0.3) is 33.7 Å². The molecule has 326 valence electrons. The lowest BCUT2D eigenvalue weighted by molar-refractivity contribution is -0.135. The molecule has 63 heavy (non-hydrogen) atoms. The molecule has 6 heterocycles. The fourth-order valence-corrected chi connectivity index (χ4v) is 9.20. The summed E-state index contributed by atoms with van der Waals surface area (Å²) in [5, 5.41) is 5.19. The minimum atomic E-state index is -0.720. The van der Waals surface area contributed by atoms with E-state index in [0.717, 1.165) is 87.5 Å². The van der Waals surface area contributed by atoms with Crippen molar-refractivity contribution >= 4 is 35.1 Å². The highest BCUT2D eigenvalue weighted by Gasteiger charge is 2.39. The van der Waals surface area contributed by atoms with Gasteiger partial charge in [-0.3, -0.25) is 9.59 Å². The van der Waals surface area contributed by atoms with Crippen molar-refractivity contribution in [3.8, 4) is 34.0 Å². The first-order valence-electron chi connectivity index (χ1n) is 21.3. The number of aromatic nitrogens is 4. The molecule has 5 aromatic rings. The van der Waals surface area contributed by atoms with Crippen LogP contribution in [0.5, 0.6) is 11.5 Å². The summed E-state index contributed by atoms with van der Waals surface area (Å²) in [6, 6.07) is 21.2. The average Bonchev–Trinajstić information content (AvgIpc) is 4.16. The van der Waals surface area contributed by atoms with Gasteiger partial charge in [-0.2, -0.15) is 0 Å². The first kappa shape index (κ1) is 41.3. The standard InChI is InChI=1S/C47H50N8O8/c1-26(2)41(53-47(59)61-4)45(57)55-19-9-13-36(55)44-49-23-34(52-44)29-14-16-30-32-25-62-37-20-28(15-17-31(37)40(32)42(63-38(30)21-29)27-10-6-5-7-11-27)33-22-48-43(51-33)35-12-8-18-54(35)39(56)24-50-46(58)60-3/h5-7,10-11,14-17,20-23,26,35-36,41-42H,8-9,12-13,18-19,24-25H2,1-4H3,(H,48,51)(H,49,52)(H,50,58)(H,53,59)/t35-,36-,41-,42?/m0/s1. The third kappa shape index (κ3) is 7.96. The van der Waals surface area contributed by atoms with Crippen LogP contribution in [0.3, 0.4) is 0 Å². The molecule has 9 rings (SSSR count). The number of methoxy groups -OCH3 is 2. The highest BCUT2D eigenvalue weighted by molar-refractivity contribution is 6.00. The van der Waals surface area contributed by atoms with Crippen molar-refractivity contribution in [2.75, 3.05) is 40.5 Å². The highest BCUT2D eigenvalue weighted by Crippen LogP contribution is 2.52. The lowest BCUT2D eigenvalue weighted by Crippen LogP contribution is -2.51. The Kier molecular flexibility index (Phi) is 11.4. The Balaban J connectivity index is 0.982. The molecule has 16 nitrogen and oxygen atoms in total. The topological polar surface area (TPSA) is 193 Å². The Bertz CT molecular complexity index is 2580. The van der Waals surface area contributed by atoms with Gasteiger partial charge in [0.25, 0.3) is 0 Å². The quantitative estimate of drug-likeness (QED) is 0.114. The number of hydrogen-bond acceptors (Lipinski definition) is 10. The second kappa shape index (κ2) is 17.3. The number of nitrogens with zero attached hydrogens (tertiary/aromatic N) is 4. The monoisotopic (exact) mass is 854 g/mol. The van der Waals surface area contributed by atoms with Crippen molar-refractivity contribution in [3.05, 3.63) is 107 Å². The maximum absolute atomic E-state index is 13.8. The molecule has 3 aromatic carbocycles. The van der Waals surface area contributed by atoms with Crippen LogP contribution in [0.15, 0.2) is 79.1 Å². The van der Waals surface area contributed by atoms with Gasteiger partial charge >= 0.3 is 12.2 Å². The third-order valence-electron chi connectivity index (χ3n) is 12.4. The number of hydrogen-bond donors (Lipinski definition) is 4. The number of fused-ring (bicyclic) bond motifs is 4. The van der Waals surface area contributed by atoms with Crippen LogP contribution < -0.4 is 20.1 Å². The van der Waals surface area contributed by atoms with E-state index in [0.29, 0.717) is 31.3 Å². The van der Waals surface area contributed by atoms with Crippen molar-refractivity contribution < 1.29 is 38.1 Å². The number of ether oxygens (including phenoxy) is 4. The fraction of sp³-hybridized carbons (Fsp3) is 0.362. The van der Waals surface area contributed by atoms with Crippen molar-refractivity contribution in [2.45, 2.75) is 63.8 Å². The van der Waals surface area contributed by atoms with Gasteiger partial charge in [0.05, 0.1) is 50.1 Å². The summed E-state index contributed by atoms with van der Waals surface area (Å²) < 4.78 is 22.9. The van der Waals surface area contributed by atoms with E-state index < -0.39 is 24.3 Å². The van der Waals surface area contributed by atoms with Crippen LogP contribution in [0, 0.1) is 5.92 Å². The van der Waals surface area contributed by atoms with E-state index in [4.69, 9.17) is 19.2 Å². The molecule has 4 amide bonds. The van der Waals surface area contributed by atoms with Crippen LogP contribution in [0.4, 0.5) is 9.59 Å². The Labute approximate surface area is 364 Å². The van der Waals surface area contributed by atoms with Gasteiger partial charge in [-0.05, 0) is 49.3 Å². The number of aromatic amines is 2. The fourth-order valence-electron chi connectivity index (χ4n) is 9.20. The zero-order valence-electron chi connectivity index (χ0n) is 35.6. The molecule has 0 saturated carbocycles. The molecule has 0 radical (unpaired) electrons. The number of H-pyrrole nitrogens is 2. The van der Waals surface area contributed by atoms with E-state index in [1.807, 2.05) is 56.3 Å². The van der Waals surface area contributed by atoms with E-state index in [2.05, 4.69) is 54.6 Å². The molecule has 1 unspecified atom stereocenters. The number of carbonyl (C=O) groups excluding carboxylic acids is 4. The Hall–Kier alpha value is -7.10. The van der Waals surface area contributed by atoms with Crippen LogP contribution >= 0.6 is 0 Å². The molecule has 0 aliphatic carbocycles. The van der Waals surface area contributed by atoms with Crippen LogP contribution in [0.1, 0.15) is 86.1 Å². The lowest BCUT2D eigenvalue weighted by Gasteiger charge is -2.35. The molecule has 2 fully saturated rings. The van der Waals surface area contributed by atoms with Crippen molar-refractivity contribution in [1.29, 1.82) is 0 Å². The molecular formula is C47H50N8O8. The van der Waals surface area contributed by atoms with Crippen molar-refractivity contribution in [1.82, 2.24) is 40.4 Å². The van der Waals surface area contributed by atoms with Gasteiger partial charge in [0.2, 0.25) is 11.8 Å². The number of carbonyl (C=O) groups is 4. The van der Waals surface area contributed by atoms with E-state index in [-0.39, 0.29) is 36.4 Å². The molecular weight excluding hydrogens is 805 g/mol. The summed E-state index contributed by atoms with van der Waals surface area (Å²) in [6.07, 6.45) is 5.02. The summed E-state index contributed by atoms with van der Waals surface area (Å²) in [4.78, 5) is 70.3. The largest absolute Gasteiger partial charge is 0.488 e. The minimum Gasteiger partial charge on any atom is -0.488 e. The maximum atomic E-state index is 13.8. The molecule has 0 spiro atoms. The second-order valence-corrected chi connectivity index (χ2v) is 16.5. The number of imidazole rings is 2. The molecule has 4 atom stereocenters. The summed E-state index contributed by atoms with van der Waals surface area (Å²) in [6.45, 7) is 5.12. The number of rotatable bonds is 10. The first-order chi connectivity index (χ1) is 30.6. The van der Waals surface area contributed by atoms with Gasteiger partial charge in [-0.1, -0.05) is 68.4 Å². The number of alkyl carbamates (subject to hydrolysis) is 2. The molecule has 4 aliphatic rings. The smallest absolute Gasteiger partial charge is 0.407 e. The third-order valence-corrected chi connectivity index (χ3v) is 12.4. The van der Waals surface area contributed by atoms with Gasteiger partial charge in [-0.15, -0.1) is 0 Å². The van der Waals surface area contributed by atoms with E-state index in [1.165, 1.54) is 14.2 Å². The molecule has 4 N–H and O–H groups in total. The Morgan fingerprint density at radius 1 is 0.794 bits per heavy atom. The summed E-state index contributed by atoms with van der Waals surface area (Å²) >= 11 is 0. The summed E-state index contributed by atoms with van der Waals surface area (Å²) in [5.74, 6) is 2.33. The van der Waals surface area contributed by atoms with Crippen LogP contribution in [-0.4, -0.2) is 100 Å². The maximum Gasteiger partial charge on any atom is 0.407 e. The van der Waals surface area contributed by atoms with Crippen molar-refractivity contribution in [2.24, 2.45) is 5.92 Å². The van der Waals surface area contributed by atoms with Gasteiger partial charge < -0.3 is 49.3 Å². The summed E-state index contributed by atoms with van der Waals surface area (Å²) in [7, 11) is 2.55. The molecule has 0 bridgehead atoms. The van der Waals surface area contributed by atoms with Crippen molar-refractivity contribution in [3.63, 3.8) is 0 Å². The Morgan fingerprint density at radius 3 is 2.06 bits per heavy atom. The first-order valence-corrected chi connectivity index (χ1v) is 21.3. The number of likely N-dealkylation sites (tertiary alicyclic amines) is 2. The van der Waals surface area contributed by atoms with Crippen LogP contribution in [0.2, 0.25) is 0 Å². The lowest BCUT2D eigenvalue weighted by atomic mass is 9.83. The normalized spacial score (nSPS) is 19.3. The number of benzene rings is 3. The zero-order chi connectivity index (χ0) is 43.8. The highest BCUT2D eigenvalue weighted by atomic mass is 16.5. The zero-order valence-corrected chi connectivity index (χ0v) is 35.6. The predicted octanol–water partition coefficient (Wildman–Crippen LogP) is 6.97. The van der Waals surface area contributed by atoms with Gasteiger partial charge in [0.1, 0.15) is 48.4 Å². The second-order valence-electron chi connectivity index (χ2n) is 16.5. The number of amides is 4. The SMILES string of the molecule is COC(=O)NCC(=O)N1CCC[C@H]1c1ncc(-c2ccc3c(c2)OCC2=C3C(c3ccccc3)Oc3cc(-c4cnc([C@@H]5CCCN5C(=O)[C@@H](NC(=O)OC)C(C)C)[nH]4)ccc32)[nH]1.